The summed E-state index contributed by atoms with van der Waals surface area (Å²) in [5.41, 5.74) is 3.31. The zero-order valence-corrected chi connectivity index (χ0v) is 8.39. The highest BCUT2D eigenvalue weighted by molar-refractivity contribution is 5.22. The molecule has 3 N–H and O–H groups in total. The lowest BCUT2D eigenvalue weighted by Gasteiger charge is -2.10. The van der Waals surface area contributed by atoms with Gasteiger partial charge in [0, 0.05) is 23.8 Å². The van der Waals surface area contributed by atoms with Crippen LogP contribution in [0.3, 0.4) is 0 Å². The average molecular weight is 183 g/mol. The Morgan fingerprint density at radius 2 is 2.23 bits per heavy atom. The maximum Gasteiger partial charge on any atom is 0.0638 e. The summed E-state index contributed by atoms with van der Waals surface area (Å²) in [5.74, 6) is 0. The number of aromatic nitrogens is 2. The molecule has 1 unspecified atom stereocenters. The Morgan fingerprint density at radius 1 is 1.54 bits per heavy atom. The highest BCUT2D eigenvalue weighted by atomic mass is 16.3. The lowest BCUT2D eigenvalue weighted by Crippen LogP contribution is -2.28. The molecule has 0 saturated carbocycles. The minimum absolute atomic E-state index is 0.133. The molecule has 0 saturated heterocycles. The Morgan fingerprint density at radius 3 is 2.69 bits per heavy atom. The number of aliphatic hydroxyl groups is 1. The number of hydrogen-bond donors (Lipinski definition) is 3. The zero-order chi connectivity index (χ0) is 9.84. The molecule has 13 heavy (non-hydrogen) atoms. The van der Waals surface area contributed by atoms with Gasteiger partial charge in [-0.2, -0.15) is 5.10 Å². The van der Waals surface area contributed by atoms with Crippen LogP contribution in [0.25, 0.3) is 0 Å². The predicted molar refractivity (Wildman–Crippen MR) is 51.4 cm³/mol. The summed E-state index contributed by atoms with van der Waals surface area (Å²) in [6.07, 6.45) is 0. The van der Waals surface area contributed by atoms with Crippen molar-refractivity contribution in [2.45, 2.75) is 33.4 Å². The minimum atomic E-state index is 0.133. The average Bonchev–Trinajstić information content (AvgIpc) is 2.43. The molecule has 0 bridgehead atoms. The van der Waals surface area contributed by atoms with Gasteiger partial charge in [-0.25, -0.2) is 0 Å². The van der Waals surface area contributed by atoms with Gasteiger partial charge in [-0.05, 0) is 20.8 Å². The quantitative estimate of drug-likeness (QED) is 0.637. The van der Waals surface area contributed by atoms with Crippen molar-refractivity contribution in [3.63, 3.8) is 0 Å². The first-order valence-electron chi connectivity index (χ1n) is 4.49. The van der Waals surface area contributed by atoms with Gasteiger partial charge in [0.25, 0.3) is 0 Å². The monoisotopic (exact) mass is 183 g/mol. The van der Waals surface area contributed by atoms with Crippen LogP contribution < -0.4 is 5.32 Å². The van der Waals surface area contributed by atoms with Gasteiger partial charge in [0.1, 0.15) is 0 Å². The number of nitrogens with one attached hydrogen (secondary N) is 2. The summed E-state index contributed by atoms with van der Waals surface area (Å²) < 4.78 is 0. The number of rotatable bonds is 4. The lowest BCUT2D eigenvalue weighted by atomic mass is 10.2. The van der Waals surface area contributed by atoms with E-state index in [1.807, 2.05) is 20.8 Å². The van der Waals surface area contributed by atoms with E-state index in [1.165, 1.54) is 5.56 Å². The third-order valence-electron chi connectivity index (χ3n) is 2.18. The Bertz CT molecular complexity index is 250. The molecule has 1 rings (SSSR count). The van der Waals surface area contributed by atoms with Crippen molar-refractivity contribution in [3.8, 4) is 0 Å². The second-order valence-corrected chi connectivity index (χ2v) is 3.38. The fraction of sp³-hybridized carbons (Fsp3) is 0.667. The molecular formula is C9H17N3O. The Balaban J connectivity index is 2.53. The molecule has 0 aliphatic heterocycles. The standard InChI is InChI=1S/C9H17N3O/c1-6(5-13)10-4-9-7(2)11-12-8(9)3/h6,10,13H,4-5H2,1-3H3,(H,11,12). The highest BCUT2D eigenvalue weighted by Gasteiger charge is 2.06. The number of aryl methyl sites for hydroxylation is 2. The predicted octanol–water partition coefficient (Wildman–Crippen LogP) is 0.497. The molecule has 0 aliphatic carbocycles. The van der Waals surface area contributed by atoms with Crippen LogP contribution in [0.1, 0.15) is 23.9 Å². The summed E-state index contributed by atoms with van der Waals surface area (Å²) in [7, 11) is 0. The topological polar surface area (TPSA) is 60.9 Å². The zero-order valence-electron chi connectivity index (χ0n) is 8.39. The van der Waals surface area contributed by atoms with Crippen LogP contribution in [-0.4, -0.2) is 28.0 Å². The summed E-state index contributed by atoms with van der Waals surface area (Å²) >= 11 is 0. The first kappa shape index (κ1) is 10.2. The second-order valence-electron chi connectivity index (χ2n) is 3.38. The van der Waals surface area contributed by atoms with Crippen LogP contribution in [-0.2, 0) is 6.54 Å². The van der Waals surface area contributed by atoms with E-state index in [0.717, 1.165) is 17.9 Å². The number of hydrogen-bond acceptors (Lipinski definition) is 3. The highest BCUT2D eigenvalue weighted by Crippen LogP contribution is 2.08. The smallest absolute Gasteiger partial charge is 0.0638 e. The normalized spacial score (nSPS) is 13.2. The Hall–Kier alpha value is -0.870. The number of aromatic amines is 1. The molecule has 0 amide bonds. The molecule has 0 spiro atoms. The summed E-state index contributed by atoms with van der Waals surface area (Å²) in [5, 5.41) is 19.0. The number of aliphatic hydroxyl groups excluding tert-OH is 1. The van der Waals surface area contributed by atoms with Crippen LogP contribution in [0.4, 0.5) is 0 Å². The maximum absolute atomic E-state index is 8.82. The lowest BCUT2D eigenvalue weighted by molar-refractivity contribution is 0.251. The fourth-order valence-electron chi connectivity index (χ4n) is 1.18. The van der Waals surface area contributed by atoms with E-state index in [9.17, 15) is 0 Å². The van der Waals surface area contributed by atoms with Crippen molar-refractivity contribution in [1.29, 1.82) is 0 Å². The summed E-state index contributed by atoms with van der Waals surface area (Å²) in [6.45, 7) is 6.85. The molecule has 74 valence electrons. The van der Waals surface area contributed by atoms with Crippen LogP contribution >= 0.6 is 0 Å². The van der Waals surface area contributed by atoms with E-state index >= 15 is 0 Å². The van der Waals surface area contributed by atoms with E-state index < -0.39 is 0 Å². The van der Waals surface area contributed by atoms with Crippen molar-refractivity contribution in [1.82, 2.24) is 15.5 Å². The van der Waals surface area contributed by atoms with Crippen LogP contribution in [0.2, 0.25) is 0 Å². The molecular weight excluding hydrogens is 166 g/mol. The van der Waals surface area contributed by atoms with Crippen molar-refractivity contribution in [3.05, 3.63) is 17.0 Å². The SMILES string of the molecule is Cc1n[nH]c(C)c1CNC(C)CO. The van der Waals surface area contributed by atoms with Gasteiger partial charge in [-0.3, -0.25) is 5.10 Å². The van der Waals surface area contributed by atoms with Crippen molar-refractivity contribution < 1.29 is 5.11 Å². The molecule has 1 heterocycles. The van der Waals surface area contributed by atoms with E-state index in [1.54, 1.807) is 0 Å². The Kier molecular flexibility index (Phi) is 3.45. The van der Waals surface area contributed by atoms with Crippen molar-refractivity contribution in [2.24, 2.45) is 0 Å². The molecule has 4 heteroatoms. The first-order valence-corrected chi connectivity index (χ1v) is 4.49. The summed E-state index contributed by atoms with van der Waals surface area (Å²) in [6, 6.07) is 0.133. The molecule has 0 fully saturated rings. The van der Waals surface area contributed by atoms with Crippen LogP contribution in [0.5, 0.6) is 0 Å². The summed E-state index contributed by atoms with van der Waals surface area (Å²) in [4.78, 5) is 0. The van der Waals surface area contributed by atoms with Gasteiger partial charge in [0.05, 0.1) is 12.3 Å². The van der Waals surface area contributed by atoms with Gasteiger partial charge in [0.2, 0.25) is 0 Å². The van der Waals surface area contributed by atoms with Crippen molar-refractivity contribution in [2.75, 3.05) is 6.61 Å². The fourth-order valence-corrected chi connectivity index (χ4v) is 1.18. The van der Waals surface area contributed by atoms with Crippen LogP contribution in [0.15, 0.2) is 0 Å². The number of H-pyrrole nitrogens is 1. The molecule has 0 aromatic carbocycles. The minimum Gasteiger partial charge on any atom is -0.395 e. The van der Waals surface area contributed by atoms with Gasteiger partial charge >= 0.3 is 0 Å². The molecule has 1 aromatic heterocycles. The molecule has 1 atom stereocenters. The Labute approximate surface area is 78.4 Å². The van der Waals surface area contributed by atoms with E-state index in [4.69, 9.17) is 5.11 Å². The molecule has 4 nitrogen and oxygen atoms in total. The second kappa shape index (κ2) is 4.39. The van der Waals surface area contributed by atoms with Crippen molar-refractivity contribution >= 4 is 0 Å². The third-order valence-corrected chi connectivity index (χ3v) is 2.18. The third kappa shape index (κ3) is 2.54. The molecule has 0 radical (unpaired) electrons. The van der Waals surface area contributed by atoms with Gasteiger partial charge in [-0.15, -0.1) is 0 Å². The van der Waals surface area contributed by atoms with E-state index in [2.05, 4.69) is 15.5 Å². The largest absolute Gasteiger partial charge is 0.395 e. The molecule has 1 aromatic rings. The maximum atomic E-state index is 8.82. The van der Waals surface area contributed by atoms with E-state index in [-0.39, 0.29) is 12.6 Å². The first-order chi connectivity index (χ1) is 6.15. The van der Waals surface area contributed by atoms with Gasteiger partial charge < -0.3 is 10.4 Å². The van der Waals surface area contributed by atoms with Gasteiger partial charge in [-0.1, -0.05) is 0 Å². The van der Waals surface area contributed by atoms with Crippen LogP contribution in [0, 0.1) is 13.8 Å². The molecule has 0 aliphatic rings. The van der Waals surface area contributed by atoms with E-state index in [0.29, 0.717) is 0 Å². The number of nitrogens with zero attached hydrogens (tertiary/aromatic N) is 1. The van der Waals surface area contributed by atoms with Gasteiger partial charge in [0.15, 0.2) is 0 Å².